The zero-order valence-electron chi connectivity index (χ0n) is 16.3. The minimum Gasteiger partial charge on any atom is -0.349 e. The molecule has 150 valence electrons. The van der Waals surface area contributed by atoms with E-state index in [-0.39, 0.29) is 30.8 Å². The molecule has 4 rings (SSSR count). The molecule has 0 bridgehead atoms. The second-order valence-corrected chi connectivity index (χ2v) is 7.66. The van der Waals surface area contributed by atoms with Crippen LogP contribution >= 0.6 is 0 Å². The van der Waals surface area contributed by atoms with Gasteiger partial charge in [-0.25, -0.2) is 4.79 Å². The molecular formula is C23H25N3O3. The van der Waals surface area contributed by atoms with Crippen molar-refractivity contribution in [3.8, 4) is 0 Å². The molecule has 1 aliphatic carbocycles. The van der Waals surface area contributed by atoms with Gasteiger partial charge in [-0.15, -0.1) is 0 Å². The van der Waals surface area contributed by atoms with E-state index in [2.05, 4.69) is 22.8 Å². The molecular weight excluding hydrogens is 366 g/mol. The Morgan fingerprint density at radius 2 is 1.83 bits per heavy atom. The van der Waals surface area contributed by atoms with E-state index >= 15 is 0 Å². The van der Waals surface area contributed by atoms with Crippen molar-refractivity contribution in [1.29, 1.82) is 0 Å². The number of amides is 4. The second-order valence-electron chi connectivity index (χ2n) is 7.66. The van der Waals surface area contributed by atoms with Gasteiger partial charge in [-0.1, -0.05) is 54.6 Å². The predicted molar refractivity (Wildman–Crippen MR) is 109 cm³/mol. The number of nitrogens with one attached hydrogen (secondary N) is 2. The molecule has 6 nitrogen and oxygen atoms in total. The molecule has 1 saturated heterocycles. The Morgan fingerprint density at radius 1 is 1.07 bits per heavy atom. The van der Waals surface area contributed by atoms with Crippen LogP contribution in [0.3, 0.4) is 0 Å². The molecule has 1 aliphatic heterocycles. The van der Waals surface area contributed by atoms with Gasteiger partial charge >= 0.3 is 6.03 Å². The molecule has 4 amide bonds. The summed E-state index contributed by atoms with van der Waals surface area (Å²) in [4.78, 5) is 38.5. The van der Waals surface area contributed by atoms with Crippen LogP contribution in [0.25, 0.3) is 0 Å². The lowest BCUT2D eigenvalue weighted by atomic mass is 9.87. The number of benzene rings is 2. The number of carbonyl (C=O) groups excluding carboxylic acids is 3. The van der Waals surface area contributed by atoms with E-state index in [0.717, 1.165) is 24.8 Å². The summed E-state index contributed by atoms with van der Waals surface area (Å²) >= 11 is 0. The molecule has 2 aromatic carbocycles. The van der Waals surface area contributed by atoms with Gasteiger partial charge in [0, 0.05) is 6.42 Å². The Labute approximate surface area is 170 Å². The summed E-state index contributed by atoms with van der Waals surface area (Å²) in [6.45, 7) is 0.243. The van der Waals surface area contributed by atoms with Crippen molar-refractivity contribution in [2.45, 2.75) is 50.7 Å². The van der Waals surface area contributed by atoms with Crippen LogP contribution in [0.1, 0.15) is 48.4 Å². The first kappa shape index (κ1) is 19.2. The SMILES string of the molecule is O=C(CC[C@@H]1NC(=O)N(Cc2ccccc2)C1=O)N[C@H]1CCCc2ccccc21. The lowest BCUT2D eigenvalue weighted by Gasteiger charge is -2.26. The van der Waals surface area contributed by atoms with Crippen LogP contribution in [0.5, 0.6) is 0 Å². The second kappa shape index (κ2) is 8.47. The van der Waals surface area contributed by atoms with Gasteiger partial charge < -0.3 is 10.6 Å². The first-order valence-electron chi connectivity index (χ1n) is 10.1. The van der Waals surface area contributed by atoms with E-state index in [9.17, 15) is 14.4 Å². The van der Waals surface area contributed by atoms with Crippen LogP contribution in [-0.2, 0) is 22.6 Å². The van der Waals surface area contributed by atoms with Crippen LogP contribution in [-0.4, -0.2) is 28.8 Å². The number of hydrogen-bond acceptors (Lipinski definition) is 3. The van der Waals surface area contributed by atoms with Gasteiger partial charge in [0.2, 0.25) is 5.91 Å². The van der Waals surface area contributed by atoms with Gasteiger partial charge in [0.15, 0.2) is 0 Å². The Balaban J connectivity index is 1.31. The molecule has 29 heavy (non-hydrogen) atoms. The highest BCUT2D eigenvalue weighted by molar-refractivity contribution is 6.04. The van der Waals surface area contributed by atoms with Gasteiger partial charge in [0.05, 0.1) is 12.6 Å². The molecule has 0 radical (unpaired) electrons. The zero-order valence-corrected chi connectivity index (χ0v) is 16.3. The number of imide groups is 1. The highest BCUT2D eigenvalue weighted by atomic mass is 16.2. The Hall–Kier alpha value is -3.15. The first-order chi connectivity index (χ1) is 14.1. The summed E-state index contributed by atoms with van der Waals surface area (Å²) < 4.78 is 0. The molecule has 2 aliphatic rings. The molecule has 0 aromatic heterocycles. The van der Waals surface area contributed by atoms with E-state index in [0.29, 0.717) is 6.42 Å². The Bertz CT molecular complexity index is 913. The number of carbonyl (C=O) groups is 3. The third kappa shape index (κ3) is 4.31. The predicted octanol–water partition coefficient (Wildman–Crippen LogP) is 3.08. The Morgan fingerprint density at radius 3 is 2.66 bits per heavy atom. The molecule has 2 N–H and O–H groups in total. The summed E-state index contributed by atoms with van der Waals surface area (Å²) in [5.74, 6) is -0.357. The third-order valence-corrected chi connectivity index (χ3v) is 5.66. The van der Waals surface area contributed by atoms with Crippen molar-refractivity contribution >= 4 is 17.8 Å². The molecule has 2 atom stereocenters. The molecule has 0 unspecified atom stereocenters. The van der Waals surface area contributed by atoms with Crippen molar-refractivity contribution in [3.05, 3.63) is 71.3 Å². The summed E-state index contributed by atoms with van der Waals surface area (Å²) in [5.41, 5.74) is 3.37. The molecule has 0 spiro atoms. The van der Waals surface area contributed by atoms with Crippen LogP contribution < -0.4 is 10.6 Å². The van der Waals surface area contributed by atoms with Crippen molar-refractivity contribution in [2.75, 3.05) is 0 Å². The van der Waals surface area contributed by atoms with Gasteiger partial charge in [0.25, 0.3) is 5.91 Å². The van der Waals surface area contributed by atoms with Gasteiger partial charge in [-0.3, -0.25) is 14.5 Å². The van der Waals surface area contributed by atoms with Crippen LogP contribution in [0.15, 0.2) is 54.6 Å². The maximum atomic E-state index is 12.6. The van der Waals surface area contributed by atoms with E-state index in [4.69, 9.17) is 0 Å². The number of fused-ring (bicyclic) bond motifs is 1. The van der Waals surface area contributed by atoms with E-state index in [1.807, 2.05) is 42.5 Å². The summed E-state index contributed by atoms with van der Waals surface area (Å²) in [5, 5.41) is 5.81. The topological polar surface area (TPSA) is 78.5 Å². The molecule has 1 heterocycles. The maximum Gasteiger partial charge on any atom is 0.325 e. The van der Waals surface area contributed by atoms with E-state index in [1.54, 1.807) is 0 Å². The molecule has 2 aromatic rings. The zero-order chi connectivity index (χ0) is 20.2. The number of hydrogen-bond donors (Lipinski definition) is 2. The van der Waals surface area contributed by atoms with Crippen LogP contribution in [0, 0.1) is 0 Å². The van der Waals surface area contributed by atoms with Crippen molar-refractivity contribution in [1.82, 2.24) is 15.5 Å². The average molecular weight is 391 g/mol. The number of urea groups is 1. The minimum atomic E-state index is -0.643. The fourth-order valence-corrected chi connectivity index (χ4v) is 4.13. The maximum absolute atomic E-state index is 12.6. The largest absolute Gasteiger partial charge is 0.349 e. The summed E-state index contributed by atoms with van der Waals surface area (Å²) in [6.07, 6.45) is 3.52. The molecule has 0 saturated carbocycles. The fraction of sp³-hybridized carbons (Fsp3) is 0.348. The lowest BCUT2D eigenvalue weighted by molar-refractivity contribution is -0.128. The lowest BCUT2D eigenvalue weighted by Crippen LogP contribution is -2.34. The number of nitrogens with zero attached hydrogens (tertiary/aromatic N) is 1. The number of rotatable bonds is 6. The smallest absolute Gasteiger partial charge is 0.325 e. The van der Waals surface area contributed by atoms with Crippen molar-refractivity contribution in [3.63, 3.8) is 0 Å². The van der Waals surface area contributed by atoms with E-state index in [1.165, 1.54) is 16.0 Å². The standard InChI is InChI=1S/C23H25N3O3/c27-21(24-19-12-6-10-17-9-4-5-11-18(17)19)14-13-20-22(28)26(23(29)25-20)15-16-7-2-1-3-8-16/h1-5,7-9,11,19-20H,6,10,12-15H2,(H,24,27)(H,25,29)/t19-,20-/m0/s1. The highest BCUT2D eigenvalue weighted by Crippen LogP contribution is 2.29. The Kier molecular flexibility index (Phi) is 5.60. The monoisotopic (exact) mass is 391 g/mol. The quantitative estimate of drug-likeness (QED) is 0.743. The normalized spacial score (nSPS) is 20.9. The van der Waals surface area contributed by atoms with Crippen molar-refractivity contribution in [2.24, 2.45) is 0 Å². The minimum absolute atomic E-state index is 0.0240. The molecule has 6 heteroatoms. The van der Waals surface area contributed by atoms with Gasteiger partial charge in [-0.05, 0) is 42.4 Å². The summed E-state index contributed by atoms with van der Waals surface area (Å²) in [6, 6.07) is 16.6. The van der Waals surface area contributed by atoms with Crippen LogP contribution in [0.4, 0.5) is 4.79 Å². The number of aryl methyl sites for hydroxylation is 1. The average Bonchev–Trinajstić information content (AvgIpc) is 3.01. The fourth-order valence-electron chi connectivity index (χ4n) is 4.13. The third-order valence-electron chi connectivity index (χ3n) is 5.66. The van der Waals surface area contributed by atoms with Crippen LogP contribution in [0.2, 0.25) is 0 Å². The highest BCUT2D eigenvalue weighted by Gasteiger charge is 2.37. The van der Waals surface area contributed by atoms with Gasteiger partial charge in [0.1, 0.15) is 6.04 Å². The first-order valence-corrected chi connectivity index (χ1v) is 10.1. The molecule has 1 fully saturated rings. The summed E-state index contributed by atoms with van der Waals surface area (Å²) in [7, 11) is 0. The van der Waals surface area contributed by atoms with E-state index < -0.39 is 12.1 Å². The van der Waals surface area contributed by atoms with Gasteiger partial charge in [-0.2, -0.15) is 0 Å². The van der Waals surface area contributed by atoms with Crippen molar-refractivity contribution < 1.29 is 14.4 Å².